The molecule has 3 aliphatic rings. The van der Waals surface area contributed by atoms with Crippen LogP contribution in [0, 0.1) is 29.5 Å². The van der Waals surface area contributed by atoms with Crippen molar-refractivity contribution >= 4 is 27.2 Å². The molecule has 1 aliphatic carbocycles. The highest BCUT2D eigenvalue weighted by atomic mass is 32.2. The van der Waals surface area contributed by atoms with Crippen LogP contribution in [0.2, 0.25) is 0 Å². The molecule has 0 unspecified atom stereocenters. The summed E-state index contributed by atoms with van der Waals surface area (Å²) in [5, 5.41) is 0. The number of piperidine rings is 1. The summed E-state index contributed by atoms with van der Waals surface area (Å²) < 4.78 is 48.9. The number of carbonyl (C=O) groups excluding carboxylic acids is 1. The number of anilines is 2. The van der Waals surface area contributed by atoms with E-state index in [-0.39, 0.29) is 38.8 Å². The number of likely N-dealkylation sites (tertiary alicyclic amines) is 1. The SMILES string of the molecule is CCc1nccn1C[C@@](c1cccc(F)c1)(C1CCN(CC2CN(c3ccc(S(=O)(=O)c4cccc(N)c4)cc3)C2)CC1)[C@H]1CCC[C@@H]1CC(=O)OC. The first kappa shape index (κ1) is 37.1. The highest BCUT2D eigenvalue weighted by molar-refractivity contribution is 7.91. The van der Waals surface area contributed by atoms with Crippen molar-refractivity contribution in [2.75, 3.05) is 50.5 Å². The van der Waals surface area contributed by atoms with E-state index in [0.29, 0.717) is 30.5 Å². The Kier molecular flexibility index (Phi) is 10.9. The van der Waals surface area contributed by atoms with Gasteiger partial charge in [-0.2, -0.15) is 0 Å². The van der Waals surface area contributed by atoms with Crippen molar-refractivity contribution < 1.29 is 22.3 Å². The average molecular weight is 742 g/mol. The molecular weight excluding hydrogens is 690 g/mol. The predicted octanol–water partition coefficient (Wildman–Crippen LogP) is 6.77. The Labute approximate surface area is 313 Å². The molecule has 3 atom stereocenters. The van der Waals surface area contributed by atoms with Gasteiger partial charge < -0.3 is 24.8 Å². The van der Waals surface area contributed by atoms with Crippen LogP contribution >= 0.6 is 0 Å². The normalized spacial score (nSPS) is 21.3. The number of ether oxygens (including phenoxy) is 1. The van der Waals surface area contributed by atoms with Gasteiger partial charge in [0.2, 0.25) is 9.84 Å². The summed E-state index contributed by atoms with van der Waals surface area (Å²) in [5.74, 6) is 1.83. The minimum absolute atomic E-state index is 0.171. The lowest BCUT2D eigenvalue weighted by Crippen LogP contribution is -2.55. The fraction of sp³-hybridized carbons (Fsp3) is 0.476. The lowest BCUT2D eigenvalue weighted by molar-refractivity contribution is -0.142. The van der Waals surface area contributed by atoms with Gasteiger partial charge >= 0.3 is 5.97 Å². The number of carbonyl (C=O) groups is 1. The van der Waals surface area contributed by atoms with E-state index in [1.54, 1.807) is 36.4 Å². The highest BCUT2D eigenvalue weighted by Gasteiger charge is 2.52. The number of benzene rings is 3. The van der Waals surface area contributed by atoms with Gasteiger partial charge in [0, 0.05) is 74.1 Å². The summed E-state index contributed by atoms with van der Waals surface area (Å²) in [6, 6.07) is 20.8. The molecule has 2 saturated heterocycles. The number of sulfone groups is 1. The number of hydrogen-bond donors (Lipinski definition) is 1. The lowest BCUT2D eigenvalue weighted by atomic mass is 9.57. The number of esters is 1. The number of aryl methyl sites for hydroxylation is 1. The summed E-state index contributed by atoms with van der Waals surface area (Å²) in [6.07, 6.45) is 10.1. The topological polar surface area (TPSA) is 111 Å². The third-order valence-corrected chi connectivity index (χ3v) is 14.1. The van der Waals surface area contributed by atoms with E-state index in [9.17, 15) is 13.2 Å². The molecule has 7 rings (SSSR count). The van der Waals surface area contributed by atoms with Crippen molar-refractivity contribution in [3.63, 3.8) is 0 Å². The maximum absolute atomic E-state index is 15.2. The predicted molar refractivity (Wildman–Crippen MR) is 205 cm³/mol. The molecule has 2 aliphatic heterocycles. The van der Waals surface area contributed by atoms with E-state index in [2.05, 4.69) is 38.5 Å². The van der Waals surface area contributed by atoms with Crippen LogP contribution in [0.1, 0.15) is 56.8 Å². The number of methoxy groups -OCH3 is 1. The van der Waals surface area contributed by atoms with Crippen LogP contribution in [0.25, 0.3) is 0 Å². The first-order valence-electron chi connectivity index (χ1n) is 19.1. The van der Waals surface area contributed by atoms with Crippen LogP contribution in [0.4, 0.5) is 15.8 Å². The smallest absolute Gasteiger partial charge is 0.305 e. The number of rotatable bonds is 13. The van der Waals surface area contributed by atoms with E-state index in [0.717, 1.165) is 88.3 Å². The largest absolute Gasteiger partial charge is 0.469 e. The molecule has 0 amide bonds. The van der Waals surface area contributed by atoms with Crippen LogP contribution in [0.15, 0.2) is 95.0 Å². The van der Waals surface area contributed by atoms with Crippen molar-refractivity contribution in [2.24, 2.45) is 23.7 Å². The number of nitrogen functional groups attached to an aromatic ring is 1. The molecule has 2 N–H and O–H groups in total. The summed E-state index contributed by atoms with van der Waals surface area (Å²) in [7, 11) is -2.17. The fourth-order valence-corrected chi connectivity index (χ4v) is 11.1. The number of imidazole rings is 1. The van der Waals surface area contributed by atoms with Crippen LogP contribution < -0.4 is 10.6 Å². The summed E-state index contributed by atoms with van der Waals surface area (Å²) in [4.78, 5) is 22.7. The van der Waals surface area contributed by atoms with E-state index in [4.69, 9.17) is 10.5 Å². The van der Waals surface area contributed by atoms with Crippen molar-refractivity contribution in [1.29, 1.82) is 0 Å². The number of nitrogens with two attached hydrogens (primary N) is 1. The zero-order valence-corrected chi connectivity index (χ0v) is 31.7. The number of nitrogens with zero attached hydrogens (tertiary/aromatic N) is 4. The standard InChI is InChI=1S/C42H52FN5O4S/c1-3-40-45-19-22-47(40)29-42(33-8-5-9-34(43)24-33,39-12-4-7-31(39)23-41(49)52-2)32-17-20-46(21-18-32)26-30-27-48(28-30)36-13-15-37(16-14-36)53(50,51)38-11-6-10-35(44)25-38/h5-6,8-11,13-16,19,22,24-25,30-32,39H,3-4,7,12,17-18,20-21,23,26-29,44H2,1-2H3/t31-,39+,42+/m1/s1. The van der Waals surface area contributed by atoms with Crippen LogP contribution in [0.5, 0.6) is 0 Å². The second-order valence-electron chi connectivity index (χ2n) is 15.4. The molecule has 4 aromatic rings. The van der Waals surface area contributed by atoms with Gasteiger partial charge in [0.05, 0.1) is 16.9 Å². The van der Waals surface area contributed by atoms with Crippen LogP contribution in [-0.4, -0.2) is 68.7 Å². The zero-order chi connectivity index (χ0) is 37.2. The highest BCUT2D eigenvalue weighted by Crippen LogP contribution is 2.54. The third kappa shape index (κ3) is 7.60. The first-order valence-corrected chi connectivity index (χ1v) is 20.6. The number of aromatic nitrogens is 2. The second kappa shape index (κ2) is 15.6. The average Bonchev–Trinajstić information content (AvgIpc) is 3.81. The fourth-order valence-electron chi connectivity index (χ4n) is 9.75. The molecule has 3 fully saturated rings. The molecule has 11 heteroatoms. The van der Waals surface area contributed by atoms with Gasteiger partial charge in [-0.3, -0.25) is 4.79 Å². The zero-order valence-electron chi connectivity index (χ0n) is 30.9. The van der Waals surface area contributed by atoms with E-state index >= 15 is 4.39 Å². The summed E-state index contributed by atoms with van der Waals surface area (Å²) >= 11 is 0. The van der Waals surface area contributed by atoms with Crippen LogP contribution in [-0.2, 0) is 37.7 Å². The van der Waals surface area contributed by atoms with Gasteiger partial charge in [0.25, 0.3) is 0 Å². The third-order valence-electron chi connectivity index (χ3n) is 12.4. The van der Waals surface area contributed by atoms with Crippen LogP contribution in [0.3, 0.4) is 0 Å². The van der Waals surface area contributed by atoms with Gasteiger partial charge in [0.1, 0.15) is 11.6 Å². The minimum Gasteiger partial charge on any atom is -0.469 e. The minimum atomic E-state index is -3.64. The Morgan fingerprint density at radius 3 is 2.43 bits per heavy atom. The van der Waals surface area contributed by atoms with Gasteiger partial charge in [-0.25, -0.2) is 17.8 Å². The molecule has 1 saturated carbocycles. The number of halogens is 1. The monoisotopic (exact) mass is 741 g/mol. The Hall–Kier alpha value is -4.22. The molecule has 0 bridgehead atoms. The van der Waals surface area contributed by atoms with Crippen molar-refractivity contribution in [3.8, 4) is 0 Å². The molecule has 0 spiro atoms. The van der Waals surface area contributed by atoms with Crippen molar-refractivity contribution in [3.05, 3.63) is 102 Å². The Morgan fingerprint density at radius 2 is 1.74 bits per heavy atom. The molecule has 0 radical (unpaired) electrons. The van der Waals surface area contributed by atoms with Crippen molar-refractivity contribution in [2.45, 2.75) is 73.6 Å². The Balaban J connectivity index is 1.05. The Bertz CT molecular complexity index is 1990. The second-order valence-corrected chi connectivity index (χ2v) is 17.3. The van der Waals surface area contributed by atoms with E-state index < -0.39 is 9.84 Å². The van der Waals surface area contributed by atoms with Gasteiger partial charge in [-0.05, 0) is 117 Å². The quantitative estimate of drug-likeness (QED) is 0.118. The molecule has 282 valence electrons. The summed E-state index contributed by atoms with van der Waals surface area (Å²) in [6.45, 7) is 7.62. The maximum atomic E-state index is 15.2. The maximum Gasteiger partial charge on any atom is 0.305 e. The first-order chi connectivity index (χ1) is 25.6. The molecular formula is C42H52FN5O4S. The number of hydrogen-bond acceptors (Lipinski definition) is 8. The lowest BCUT2D eigenvalue weighted by Gasteiger charge is -2.51. The van der Waals surface area contributed by atoms with Gasteiger partial charge in [-0.1, -0.05) is 31.5 Å². The van der Waals surface area contributed by atoms with Crippen molar-refractivity contribution in [1.82, 2.24) is 14.5 Å². The van der Waals surface area contributed by atoms with Gasteiger partial charge in [-0.15, -0.1) is 0 Å². The Morgan fingerprint density at radius 1 is 0.981 bits per heavy atom. The molecule has 1 aromatic heterocycles. The molecule has 9 nitrogen and oxygen atoms in total. The van der Waals surface area contributed by atoms with Gasteiger partial charge in [0.15, 0.2) is 0 Å². The van der Waals surface area contributed by atoms with E-state index in [1.807, 2.05) is 24.4 Å². The molecule has 53 heavy (non-hydrogen) atoms. The summed E-state index contributed by atoms with van der Waals surface area (Å²) in [5.41, 5.74) is 7.95. The van der Waals surface area contributed by atoms with E-state index in [1.165, 1.54) is 19.2 Å². The molecule has 3 aromatic carbocycles. The molecule has 3 heterocycles.